The first kappa shape index (κ1) is 16.2. The van der Waals surface area contributed by atoms with Crippen LogP contribution in [0.3, 0.4) is 0 Å². The Labute approximate surface area is 148 Å². The van der Waals surface area contributed by atoms with Gasteiger partial charge in [0.2, 0.25) is 0 Å². The molecule has 2 aromatic heterocycles. The molecule has 0 fully saturated rings. The number of fused-ring (bicyclic) bond motifs is 2. The molecular formula is C21H26N2O2. The quantitative estimate of drug-likeness (QED) is 0.651. The van der Waals surface area contributed by atoms with E-state index in [1.54, 1.807) is 6.08 Å². The second-order valence-corrected chi connectivity index (χ2v) is 7.10. The molecule has 25 heavy (non-hydrogen) atoms. The predicted molar refractivity (Wildman–Crippen MR) is 98.6 cm³/mol. The number of aryl methyl sites for hydroxylation is 4. The van der Waals surface area contributed by atoms with Crippen molar-refractivity contribution in [2.75, 3.05) is 6.61 Å². The molecule has 0 saturated heterocycles. The predicted octanol–water partition coefficient (Wildman–Crippen LogP) is 4.10. The minimum Gasteiger partial charge on any atom is -0.463 e. The lowest BCUT2D eigenvalue weighted by molar-refractivity contribution is -0.137. The van der Waals surface area contributed by atoms with E-state index in [4.69, 9.17) is 4.74 Å². The average molecular weight is 338 g/mol. The summed E-state index contributed by atoms with van der Waals surface area (Å²) >= 11 is 0. The molecule has 0 atom stereocenters. The fourth-order valence-corrected chi connectivity index (χ4v) is 4.10. The lowest BCUT2D eigenvalue weighted by Gasteiger charge is -2.09. The third-order valence-electron chi connectivity index (χ3n) is 5.36. The van der Waals surface area contributed by atoms with Crippen LogP contribution in [0, 0.1) is 0 Å². The van der Waals surface area contributed by atoms with E-state index in [0.29, 0.717) is 6.61 Å². The second kappa shape index (κ2) is 6.95. The zero-order chi connectivity index (χ0) is 17.2. The summed E-state index contributed by atoms with van der Waals surface area (Å²) in [7, 11) is 0. The molecule has 0 amide bonds. The maximum absolute atomic E-state index is 12.2. The Morgan fingerprint density at radius 3 is 1.96 bits per heavy atom. The number of ether oxygens (including phenoxy) is 1. The highest BCUT2D eigenvalue weighted by molar-refractivity contribution is 5.95. The Bertz CT molecular complexity index is 707. The molecule has 0 saturated carbocycles. The van der Waals surface area contributed by atoms with Crippen molar-refractivity contribution in [1.29, 1.82) is 0 Å². The van der Waals surface area contributed by atoms with E-state index in [2.05, 4.69) is 22.1 Å². The molecule has 4 nitrogen and oxygen atoms in total. The van der Waals surface area contributed by atoms with Crippen LogP contribution >= 0.6 is 0 Å². The summed E-state index contributed by atoms with van der Waals surface area (Å²) in [6.45, 7) is 2.23. The van der Waals surface area contributed by atoms with Gasteiger partial charge in [-0.25, -0.2) is 4.79 Å². The van der Waals surface area contributed by atoms with Crippen LogP contribution in [0.25, 0.3) is 5.57 Å². The van der Waals surface area contributed by atoms with Crippen LogP contribution in [0.1, 0.15) is 66.5 Å². The van der Waals surface area contributed by atoms with Gasteiger partial charge in [-0.3, -0.25) is 0 Å². The molecule has 0 spiro atoms. The smallest absolute Gasteiger partial charge is 0.331 e. The van der Waals surface area contributed by atoms with E-state index in [-0.39, 0.29) is 5.97 Å². The first-order chi connectivity index (χ1) is 12.2. The van der Waals surface area contributed by atoms with E-state index in [0.717, 1.165) is 42.6 Å². The van der Waals surface area contributed by atoms with Gasteiger partial charge in [0, 0.05) is 34.4 Å². The lowest BCUT2D eigenvalue weighted by Crippen LogP contribution is -2.02. The number of rotatable bonds is 4. The van der Waals surface area contributed by atoms with E-state index >= 15 is 0 Å². The van der Waals surface area contributed by atoms with Gasteiger partial charge in [0.15, 0.2) is 0 Å². The summed E-state index contributed by atoms with van der Waals surface area (Å²) in [6.07, 6.45) is 11.1. The normalized spacial score (nSPS) is 16.0. The number of hydrogen-bond donors (Lipinski definition) is 2. The molecule has 0 bridgehead atoms. The number of carbonyl (C=O) groups excluding carboxylic acids is 1. The zero-order valence-corrected chi connectivity index (χ0v) is 14.9. The van der Waals surface area contributed by atoms with Crippen LogP contribution in [-0.4, -0.2) is 22.5 Å². The summed E-state index contributed by atoms with van der Waals surface area (Å²) in [5.74, 6) is -0.280. The van der Waals surface area contributed by atoms with Crippen LogP contribution in [-0.2, 0) is 35.2 Å². The molecule has 0 aromatic carbocycles. The standard InChI is InChI=1S/C21H26N2O2/c1-2-25-21(24)13-16(19-11-14-7-3-5-9-17(14)22-19)20-12-15-8-4-6-10-18(15)23-20/h11-13,22-23H,2-10H2,1H3. The Morgan fingerprint density at radius 2 is 1.48 bits per heavy atom. The third kappa shape index (κ3) is 3.30. The van der Waals surface area contributed by atoms with Crippen LogP contribution < -0.4 is 0 Å². The Morgan fingerprint density at radius 1 is 0.960 bits per heavy atom. The molecule has 4 rings (SSSR count). The van der Waals surface area contributed by atoms with Gasteiger partial charge in [-0.1, -0.05) is 0 Å². The van der Waals surface area contributed by atoms with Gasteiger partial charge in [0.25, 0.3) is 0 Å². The topological polar surface area (TPSA) is 57.9 Å². The van der Waals surface area contributed by atoms with Crippen molar-refractivity contribution in [3.8, 4) is 0 Å². The van der Waals surface area contributed by atoms with E-state index in [9.17, 15) is 4.79 Å². The summed E-state index contributed by atoms with van der Waals surface area (Å²) in [4.78, 5) is 19.3. The van der Waals surface area contributed by atoms with Crippen molar-refractivity contribution < 1.29 is 9.53 Å². The van der Waals surface area contributed by atoms with Crippen molar-refractivity contribution in [2.24, 2.45) is 0 Å². The van der Waals surface area contributed by atoms with Gasteiger partial charge in [-0.05, 0) is 81.5 Å². The first-order valence-electron chi connectivity index (χ1n) is 9.55. The van der Waals surface area contributed by atoms with E-state index in [1.165, 1.54) is 48.2 Å². The van der Waals surface area contributed by atoms with Gasteiger partial charge in [0.1, 0.15) is 0 Å². The Hall–Kier alpha value is -2.23. The van der Waals surface area contributed by atoms with Crippen molar-refractivity contribution in [3.63, 3.8) is 0 Å². The number of aromatic nitrogens is 2. The van der Waals surface area contributed by atoms with Gasteiger partial charge >= 0.3 is 5.97 Å². The number of esters is 1. The average Bonchev–Trinajstić information content (AvgIpc) is 3.23. The number of H-pyrrole nitrogens is 2. The largest absolute Gasteiger partial charge is 0.463 e. The number of aromatic amines is 2. The minimum absolute atomic E-state index is 0.280. The third-order valence-corrected chi connectivity index (χ3v) is 5.36. The maximum atomic E-state index is 12.2. The molecular weight excluding hydrogens is 312 g/mol. The van der Waals surface area contributed by atoms with E-state index in [1.807, 2.05) is 6.92 Å². The van der Waals surface area contributed by atoms with Crippen LogP contribution in [0.2, 0.25) is 0 Å². The highest BCUT2D eigenvalue weighted by Crippen LogP contribution is 2.31. The summed E-state index contributed by atoms with van der Waals surface area (Å²) in [5, 5.41) is 0. The first-order valence-corrected chi connectivity index (χ1v) is 9.55. The molecule has 2 aliphatic rings. The SMILES string of the molecule is CCOC(=O)C=C(c1cc2c([nH]1)CCCC2)c1cc2c([nH]1)CCCC2. The molecule has 2 N–H and O–H groups in total. The molecule has 4 heteroatoms. The molecule has 0 radical (unpaired) electrons. The molecule has 0 unspecified atom stereocenters. The van der Waals surface area contributed by atoms with Gasteiger partial charge in [0.05, 0.1) is 6.61 Å². The highest BCUT2D eigenvalue weighted by atomic mass is 16.5. The molecule has 2 heterocycles. The number of nitrogens with one attached hydrogen (secondary N) is 2. The van der Waals surface area contributed by atoms with Crippen molar-refractivity contribution in [2.45, 2.75) is 58.3 Å². The monoisotopic (exact) mass is 338 g/mol. The van der Waals surface area contributed by atoms with Gasteiger partial charge < -0.3 is 14.7 Å². The minimum atomic E-state index is -0.280. The fraction of sp³-hybridized carbons (Fsp3) is 0.476. The van der Waals surface area contributed by atoms with Crippen LogP contribution in [0.4, 0.5) is 0 Å². The molecule has 2 aliphatic carbocycles. The van der Waals surface area contributed by atoms with Gasteiger partial charge in [-0.2, -0.15) is 0 Å². The summed E-state index contributed by atoms with van der Waals surface area (Å²) in [5.41, 5.74) is 8.42. The van der Waals surface area contributed by atoms with E-state index < -0.39 is 0 Å². The van der Waals surface area contributed by atoms with Crippen molar-refractivity contribution in [3.05, 3.63) is 52.1 Å². The summed E-state index contributed by atoms with van der Waals surface area (Å²) in [6, 6.07) is 4.44. The second-order valence-electron chi connectivity index (χ2n) is 7.10. The van der Waals surface area contributed by atoms with Crippen molar-refractivity contribution >= 4 is 11.5 Å². The fourth-order valence-electron chi connectivity index (χ4n) is 4.10. The molecule has 0 aliphatic heterocycles. The number of carbonyl (C=O) groups is 1. The lowest BCUT2D eigenvalue weighted by atomic mass is 9.97. The Kier molecular flexibility index (Phi) is 4.51. The van der Waals surface area contributed by atoms with Gasteiger partial charge in [-0.15, -0.1) is 0 Å². The van der Waals surface area contributed by atoms with Crippen LogP contribution in [0.5, 0.6) is 0 Å². The van der Waals surface area contributed by atoms with Crippen molar-refractivity contribution in [1.82, 2.24) is 9.97 Å². The molecule has 2 aromatic rings. The zero-order valence-electron chi connectivity index (χ0n) is 14.9. The maximum Gasteiger partial charge on any atom is 0.331 e. The van der Waals surface area contributed by atoms with Crippen LogP contribution in [0.15, 0.2) is 18.2 Å². The highest BCUT2D eigenvalue weighted by Gasteiger charge is 2.20. The summed E-state index contributed by atoms with van der Waals surface area (Å²) < 4.78 is 5.18. The molecule has 132 valence electrons. The Balaban J connectivity index is 1.75. The number of hydrogen-bond acceptors (Lipinski definition) is 2.